The van der Waals surface area contributed by atoms with Crippen LogP contribution in [0.3, 0.4) is 0 Å². The van der Waals surface area contributed by atoms with Crippen molar-refractivity contribution in [3.63, 3.8) is 0 Å². The Morgan fingerprint density at radius 2 is 1.35 bits per heavy atom. The number of hydrogen-bond donors (Lipinski definition) is 0. The van der Waals surface area contributed by atoms with Crippen LogP contribution in [0.1, 0.15) is 53.5 Å². The van der Waals surface area contributed by atoms with Crippen LogP contribution in [0.4, 0.5) is 0 Å². The van der Waals surface area contributed by atoms with E-state index in [1.807, 2.05) is 71.9 Å². The summed E-state index contributed by atoms with van der Waals surface area (Å²) in [6.45, 7) is 12.4. The van der Waals surface area contributed by atoms with Crippen molar-refractivity contribution in [2.75, 3.05) is 6.61 Å². The van der Waals surface area contributed by atoms with E-state index in [1.54, 1.807) is 0 Å². The summed E-state index contributed by atoms with van der Waals surface area (Å²) in [6.07, 6.45) is -0.150. The highest BCUT2D eigenvalue weighted by atomic mass is 17.3. The summed E-state index contributed by atoms with van der Waals surface area (Å²) in [6, 6.07) is 10.0. The van der Waals surface area contributed by atoms with Crippen LogP contribution in [-0.2, 0) is 30.9 Å². The van der Waals surface area contributed by atoms with Gasteiger partial charge in [0.05, 0.1) is 24.4 Å². The fourth-order valence-corrected chi connectivity index (χ4v) is 1.45. The minimum atomic E-state index is -0.649. The maximum absolute atomic E-state index is 5.64. The van der Waals surface area contributed by atoms with Crippen molar-refractivity contribution in [2.24, 2.45) is 0 Å². The molecule has 5 nitrogen and oxygen atoms in total. The molecule has 0 amide bonds. The van der Waals surface area contributed by atoms with Crippen LogP contribution in [0, 0.1) is 0 Å². The first-order chi connectivity index (χ1) is 10.7. The second kappa shape index (κ2) is 9.35. The molecule has 1 aromatic carbocycles. The molecule has 0 saturated carbocycles. The van der Waals surface area contributed by atoms with Gasteiger partial charge in [-0.15, -0.1) is 0 Å². The van der Waals surface area contributed by atoms with E-state index >= 15 is 0 Å². The zero-order valence-electron chi connectivity index (χ0n) is 15.1. The van der Waals surface area contributed by atoms with Crippen LogP contribution >= 0.6 is 0 Å². The van der Waals surface area contributed by atoms with Gasteiger partial charge in [0.2, 0.25) is 6.29 Å². The Kier molecular flexibility index (Phi) is 8.16. The largest absolute Gasteiger partial charge is 0.377 e. The second-order valence-electron chi connectivity index (χ2n) is 7.34. The van der Waals surface area contributed by atoms with Gasteiger partial charge in [0.1, 0.15) is 0 Å². The van der Waals surface area contributed by atoms with Gasteiger partial charge in [-0.2, -0.15) is 0 Å². The molecule has 0 spiro atoms. The molecule has 0 heterocycles. The SMILES string of the molecule is CC(C)(C)OOC(CCOCc1ccccc1)OOC(C)(C)C. The van der Waals surface area contributed by atoms with Crippen molar-refractivity contribution in [1.82, 2.24) is 0 Å². The van der Waals surface area contributed by atoms with Crippen LogP contribution in [0.15, 0.2) is 30.3 Å². The molecule has 0 bridgehead atoms. The first kappa shape index (κ1) is 20.1. The predicted octanol–water partition coefficient (Wildman–Crippen LogP) is 4.41. The first-order valence-electron chi connectivity index (χ1n) is 7.96. The van der Waals surface area contributed by atoms with Crippen molar-refractivity contribution in [2.45, 2.75) is 72.1 Å². The van der Waals surface area contributed by atoms with Gasteiger partial charge in [0.25, 0.3) is 0 Å². The van der Waals surface area contributed by atoms with E-state index in [9.17, 15) is 0 Å². The Balaban J connectivity index is 2.35. The molecule has 23 heavy (non-hydrogen) atoms. The molecular formula is C18H30O5. The van der Waals surface area contributed by atoms with E-state index in [0.29, 0.717) is 19.6 Å². The fraction of sp³-hybridized carbons (Fsp3) is 0.667. The smallest absolute Gasteiger partial charge is 0.226 e. The molecule has 0 N–H and O–H groups in total. The monoisotopic (exact) mass is 326 g/mol. The molecule has 0 atom stereocenters. The minimum absolute atomic E-state index is 0.422. The van der Waals surface area contributed by atoms with E-state index < -0.39 is 17.5 Å². The standard InChI is InChI=1S/C18H30O5/c1-17(2,3)22-20-16(21-23-18(4,5)6)12-13-19-14-15-10-8-7-9-11-15/h7-11,16H,12-14H2,1-6H3. The van der Waals surface area contributed by atoms with E-state index in [1.165, 1.54) is 0 Å². The third-order valence-electron chi connectivity index (χ3n) is 2.42. The molecule has 0 aromatic heterocycles. The highest BCUT2D eigenvalue weighted by molar-refractivity contribution is 5.13. The van der Waals surface area contributed by atoms with Gasteiger partial charge in [-0.25, -0.2) is 19.6 Å². The highest BCUT2D eigenvalue weighted by Gasteiger charge is 2.21. The lowest BCUT2D eigenvalue weighted by atomic mass is 10.2. The molecule has 1 aromatic rings. The van der Waals surface area contributed by atoms with Crippen LogP contribution in [0.25, 0.3) is 0 Å². The topological polar surface area (TPSA) is 46.2 Å². The second-order valence-corrected chi connectivity index (χ2v) is 7.34. The van der Waals surface area contributed by atoms with Gasteiger partial charge >= 0.3 is 0 Å². The first-order valence-corrected chi connectivity index (χ1v) is 7.96. The molecule has 1 rings (SSSR count). The summed E-state index contributed by atoms with van der Waals surface area (Å²) in [5.74, 6) is 0. The molecule has 0 saturated heterocycles. The third kappa shape index (κ3) is 11.2. The maximum Gasteiger partial charge on any atom is 0.226 e. The van der Waals surface area contributed by atoms with Gasteiger partial charge in [0, 0.05) is 6.42 Å². The molecular weight excluding hydrogens is 296 g/mol. The van der Waals surface area contributed by atoms with Gasteiger partial charge in [0.15, 0.2) is 0 Å². The summed E-state index contributed by atoms with van der Waals surface area (Å²) in [5.41, 5.74) is 0.283. The average molecular weight is 326 g/mol. The van der Waals surface area contributed by atoms with E-state index in [4.69, 9.17) is 24.3 Å². The van der Waals surface area contributed by atoms with E-state index in [0.717, 1.165) is 5.56 Å². The Bertz CT molecular complexity index is 401. The van der Waals surface area contributed by atoms with Crippen LogP contribution in [0.2, 0.25) is 0 Å². The normalized spacial score (nSPS) is 12.8. The molecule has 0 unspecified atom stereocenters. The lowest BCUT2D eigenvalue weighted by Gasteiger charge is -2.25. The Labute approximate surface area is 139 Å². The Morgan fingerprint density at radius 3 is 1.83 bits per heavy atom. The molecule has 132 valence electrons. The van der Waals surface area contributed by atoms with E-state index in [2.05, 4.69) is 0 Å². The predicted molar refractivity (Wildman–Crippen MR) is 88.3 cm³/mol. The van der Waals surface area contributed by atoms with Crippen molar-refractivity contribution in [3.05, 3.63) is 35.9 Å². The van der Waals surface area contributed by atoms with Gasteiger partial charge in [-0.3, -0.25) is 0 Å². The molecule has 0 aliphatic carbocycles. The van der Waals surface area contributed by atoms with Gasteiger partial charge in [-0.1, -0.05) is 30.3 Å². The summed E-state index contributed by atoms with van der Waals surface area (Å²) in [5, 5.41) is 0. The molecule has 0 fully saturated rings. The Morgan fingerprint density at radius 1 is 0.826 bits per heavy atom. The minimum Gasteiger partial charge on any atom is -0.377 e. The van der Waals surface area contributed by atoms with Crippen LogP contribution in [-0.4, -0.2) is 24.1 Å². The lowest BCUT2D eigenvalue weighted by molar-refractivity contribution is -0.498. The number of hydrogen-bond acceptors (Lipinski definition) is 5. The van der Waals surface area contributed by atoms with Crippen molar-refractivity contribution in [1.29, 1.82) is 0 Å². The van der Waals surface area contributed by atoms with Crippen LogP contribution in [0.5, 0.6) is 0 Å². The van der Waals surface area contributed by atoms with Crippen LogP contribution < -0.4 is 0 Å². The summed E-state index contributed by atoms with van der Waals surface area (Å²) < 4.78 is 5.64. The van der Waals surface area contributed by atoms with Gasteiger partial charge in [-0.05, 0) is 47.1 Å². The summed E-state index contributed by atoms with van der Waals surface area (Å²) in [7, 11) is 0. The molecule has 0 aliphatic rings. The van der Waals surface area contributed by atoms with Crippen molar-refractivity contribution >= 4 is 0 Å². The fourth-order valence-electron chi connectivity index (χ4n) is 1.45. The number of rotatable bonds is 9. The quantitative estimate of drug-likeness (QED) is 0.291. The van der Waals surface area contributed by atoms with Crippen molar-refractivity contribution < 1.29 is 24.3 Å². The number of benzene rings is 1. The summed E-state index contributed by atoms with van der Waals surface area (Å²) >= 11 is 0. The van der Waals surface area contributed by atoms with E-state index in [-0.39, 0.29) is 0 Å². The third-order valence-corrected chi connectivity index (χ3v) is 2.42. The molecule has 0 aliphatic heterocycles. The Hall–Kier alpha value is -0.980. The number of ether oxygens (including phenoxy) is 1. The molecule has 5 heteroatoms. The zero-order valence-corrected chi connectivity index (χ0v) is 15.1. The highest BCUT2D eigenvalue weighted by Crippen LogP contribution is 2.15. The zero-order chi connectivity index (χ0) is 17.3. The van der Waals surface area contributed by atoms with Crippen molar-refractivity contribution in [3.8, 4) is 0 Å². The summed E-state index contributed by atoms with van der Waals surface area (Å²) in [4.78, 5) is 21.3. The lowest BCUT2D eigenvalue weighted by Crippen LogP contribution is -2.30. The van der Waals surface area contributed by atoms with Gasteiger partial charge < -0.3 is 4.74 Å². The molecule has 0 radical (unpaired) electrons. The average Bonchev–Trinajstić information content (AvgIpc) is 2.44. The maximum atomic E-state index is 5.64.